The number of piperidine rings is 2. The Bertz CT molecular complexity index is 577. The number of hydrogen-bond donors (Lipinski definition) is 0. The largest absolute Gasteiger partial charge is 0.385 e. The third kappa shape index (κ3) is 3.72. The van der Waals surface area contributed by atoms with E-state index in [2.05, 4.69) is 27.8 Å². The molecule has 0 unspecified atom stereocenters. The quantitative estimate of drug-likeness (QED) is 0.778. The number of carbonyl (C=O) groups is 1. The van der Waals surface area contributed by atoms with Crippen LogP contribution in [0.2, 0.25) is 0 Å². The Balaban J connectivity index is 1.70. The SMILES string of the molecule is COCCCN1C[C@]2(CCCN(c3ccncc3C)C2)CCC1=O. The average molecular weight is 331 g/mol. The summed E-state index contributed by atoms with van der Waals surface area (Å²) in [6.45, 7) is 6.72. The lowest BCUT2D eigenvalue weighted by molar-refractivity contribution is -0.138. The van der Waals surface area contributed by atoms with Crippen LogP contribution in [-0.4, -0.2) is 55.7 Å². The van der Waals surface area contributed by atoms with Gasteiger partial charge in [-0.3, -0.25) is 9.78 Å². The molecule has 2 fully saturated rings. The first-order valence-corrected chi connectivity index (χ1v) is 9.06. The van der Waals surface area contributed by atoms with E-state index in [0.29, 0.717) is 12.3 Å². The van der Waals surface area contributed by atoms with Crippen molar-refractivity contribution in [3.63, 3.8) is 0 Å². The Labute approximate surface area is 145 Å². The average Bonchev–Trinajstić information content (AvgIpc) is 2.59. The highest BCUT2D eigenvalue weighted by atomic mass is 16.5. The molecule has 1 amide bonds. The second kappa shape index (κ2) is 7.51. The van der Waals surface area contributed by atoms with E-state index in [1.54, 1.807) is 7.11 Å². The van der Waals surface area contributed by atoms with E-state index in [0.717, 1.165) is 45.6 Å². The van der Waals surface area contributed by atoms with Gasteiger partial charge in [-0.15, -0.1) is 0 Å². The maximum absolute atomic E-state index is 12.3. The van der Waals surface area contributed by atoms with Gasteiger partial charge in [-0.25, -0.2) is 0 Å². The molecule has 0 saturated carbocycles. The van der Waals surface area contributed by atoms with Crippen molar-refractivity contribution < 1.29 is 9.53 Å². The monoisotopic (exact) mass is 331 g/mol. The normalized spacial score (nSPS) is 24.7. The predicted octanol–water partition coefficient (Wildman–Crippen LogP) is 2.64. The molecule has 5 nitrogen and oxygen atoms in total. The van der Waals surface area contributed by atoms with Crippen LogP contribution in [0.5, 0.6) is 0 Å². The lowest BCUT2D eigenvalue weighted by Crippen LogP contribution is -2.54. The maximum atomic E-state index is 12.3. The molecule has 24 heavy (non-hydrogen) atoms. The molecule has 1 aromatic heterocycles. The third-order valence-electron chi connectivity index (χ3n) is 5.52. The van der Waals surface area contributed by atoms with E-state index in [1.165, 1.54) is 24.1 Å². The van der Waals surface area contributed by atoms with E-state index >= 15 is 0 Å². The van der Waals surface area contributed by atoms with Gasteiger partial charge in [0.25, 0.3) is 0 Å². The zero-order valence-corrected chi connectivity index (χ0v) is 15.0. The maximum Gasteiger partial charge on any atom is 0.222 e. The minimum Gasteiger partial charge on any atom is -0.385 e. The number of nitrogens with zero attached hydrogens (tertiary/aromatic N) is 3. The number of pyridine rings is 1. The van der Waals surface area contributed by atoms with Gasteiger partial charge in [0.15, 0.2) is 0 Å². The van der Waals surface area contributed by atoms with Gasteiger partial charge < -0.3 is 14.5 Å². The van der Waals surface area contributed by atoms with E-state index in [4.69, 9.17) is 4.74 Å². The number of carbonyl (C=O) groups excluding carboxylic acids is 1. The molecule has 1 aromatic rings. The summed E-state index contributed by atoms with van der Waals surface area (Å²) in [6.07, 6.45) is 8.88. The third-order valence-corrected chi connectivity index (χ3v) is 5.52. The van der Waals surface area contributed by atoms with Crippen molar-refractivity contribution in [2.75, 3.05) is 44.8 Å². The van der Waals surface area contributed by atoms with Crippen molar-refractivity contribution in [2.45, 2.75) is 39.0 Å². The Morgan fingerprint density at radius 2 is 2.21 bits per heavy atom. The molecule has 1 spiro atoms. The number of methoxy groups -OCH3 is 1. The van der Waals surface area contributed by atoms with Crippen LogP contribution in [0, 0.1) is 12.3 Å². The molecule has 0 N–H and O–H groups in total. The number of ether oxygens (including phenoxy) is 1. The van der Waals surface area contributed by atoms with Crippen LogP contribution in [0.25, 0.3) is 0 Å². The van der Waals surface area contributed by atoms with E-state index < -0.39 is 0 Å². The highest BCUT2D eigenvalue weighted by Crippen LogP contribution is 2.40. The van der Waals surface area contributed by atoms with E-state index in [-0.39, 0.29) is 5.41 Å². The number of aromatic nitrogens is 1. The molecule has 0 aliphatic carbocycles. The zero-order chi connectivity index (χ0) is 17.0. The van der Waals surface area contributed by atoms with Gasteiger partial charge in [0.1, 0.15) is 0 Å². The van der Waals surface area contributed by atoms with Gasteiger partial charge in [0, 0.05) is 69.8 Å². The van der Waals surface area contributed by atoms with Crippen LogP contribution in [0.15, 0.2) is 18.5 Å². The highest BCUT2D eigenvalue weighted by molar-refractivity contribution is 5.77. The van der Waals surface area contributed by atoms with Gasteiger partial charge in [-0.05, 0) is 44.2 Å². The number of likely N-dealkylation sites (tertiary alicyclic amines) is 1. The zero-order valence-electron chi connectivity index (χ0n) is 15.0. The Hall–Kier alpha value is -1.62. The van der Waals surface area contributed by atoms with Gasteiger partial charge in [-0.1, -0.05) is 0 Å². The van der Waals surface area contributed by atoms with Crippen LogP contribution in [-0.2, 0) is 9.53 Å². The second-order valence-electron chi connectivity index (χ2n) is 7.35. The van der Waals surface area contributed by atoms with Crippen molar-refractivity contribution in [1.29, 1.82) is 0 Å². The first-order chi connectivity index (χ1) is 11.6. The fourth-order valence-electron chi connectivity index (χ4n) is 4.27. The first kappa shape index (κ1) is 17.2. The summed E-state index contributed by atoms with van der Waals surface area (Å²) in [6, 6.07) is 2.12. The standard InChI is InChI=1S/C19H29N3O2/c1-16-13-20-9-6-17(16)21-10-3-7-19(14-21)8-5-18(23)22(15-19)11-4-12-24-2/h6,9,13H,3-5,7-8,10-12,14-15H2,1-2H3/t19-/m1/s1. The van der Waals surface area contributed by atoms with E-state index in [9.17, 15) is 4.79 Å². The van der Waals surface area contributed by atoms with Crippen molar-refractivity contribution in [3.05, 3.63) is 24.0 Å². The number of aryl methyl sites for hydroxylation is 1. The van der Waals surface area contributed by atoms with Crippen molar-refractivity contribution >= 4 is 11.6 Å². The van der Waals surface area contributed by atoms with Crippen LogP contribution >= 0.6 is 0 Å². The summed E-state index contributed by atoms with van der Waals surface area (Å²) >= 11 is 0. The van der Waals surface area contributed by atoms with Crippen molar-refractivity contribution in [2.24, 2.45) is 5.41 Å². The molecule has 2 aliphatic rings. The van der Waals surface area contributed by atoms with Crippen LogP contribution in [0.1, 0.15) is 37.7 Å². The Kier molecular flexibility index (Phi) is 5.39. The number of hydrogen-bond acceptors (Lipinski definition) is 4. The van der Waals surface area contributed by atoms with Gasteiger partial charge in [-0.2, -0.15) is 0 Å². The highest BCUT2D eigenvalue weighted by Gasteiger charge is 2.41. The topological polar surface area (TPSA) is 45.7 Å². The molecule has 2 saturated heterocycles. The molecule has 3 heterocycles. The summed E-state index contributed by atoms with van der Waals surface area (Å²) in [5.74, 6) is 0.314. The molecule has 0 radical (unpaired) electrons. The second-order valence-corrected chi connectivity index (χ2v) is 7.35. The molecule has 2 aliphatic heterocycles. The number of anilines is 1. The number of rotatable bonds is 5. The Morgan fingerprint density at radius 3 is 3.00 bits per heavy atom. The summed E-state index contributed by atoms with van der Waals surface area (Å²) in [4.78, 5) is 21.1. The molecular weight excluding hydrogens is 302 g/mol. The molecule has 0 bridgehead atoms. The van der Waals surface area contributed by atoms with Crippen LogP contribution < -0.4 is 4.90 Å². The molecule has 0 aromatic carbocycles. The first-order valence-electron chi connectivity index (χ1n) is 9.06. The van der Waals surface area contributed by atoms with Gasteiger partial charge >= 0.3 is 0 Å². The molecule has 132 valence electrons. The lowest BCUT2D eigenvalue weighted by atomic mass is 9.73. The molecule has 5 heteroatoms. The summed E-state index contributed by atoms with van der Waals surface area (Å²) in [5, 5.41) is 0. The van der Waals surface area contributed by atoms with Gasteiger partial charge in [0.05, 0.1) is 0 Å². The Morgan fingerprint density at radius 1 is 1.33 bits per heavy atom. The predicted molar refractivity (Wildman–Crippen MR) is 95.2 cm³/mol. The van der Waals surface area contributed by atoms with E-state index in [1.807, 2.05) is 12.4 Å². The van der Waals surface area contributed by atoms with Crippen LogP contribution in [0.3, 0.4) is 0 Å². The van der Waals surface area contributed by atoms with Crippen LogP contribution in [0.4, 0.5) is 5.69 Å². The molecular formula is C19H29N3O2. The summed E-state index contributed by atoms with van der Waals surface area (Å²) < 4.78 is 5.14. The fraction of sp³-hybridized carbons (Fsp3) is 0.684. The minimum atomic E-state index is 0.245. The van der Waals surface area contributed by atoms with Crippen molar-refractivity contribution in [3.8, 4) is 0 Å². The fourth-order valence-corrected chi connectivity index (χ4v) is 4.27. The lowest BCUT2D eigenvalue weighted by Gasteiger charge is -2.49. The van der Waals surface area contributed by atoms with Gasteiger partial charge in [0.2, 0.25) is 5.91 Å². The number of amides is 1. The molecule has 1 atom stereocenters. The smallest absolute Gasteiger partial charge is 0.222 e. The van der Waals surface area contributed by atoms with Crippen molar-refractivity contribution in [1.82, 2.24) is 9.88 Å². The molecule has 3 rings (SSSR count). The summed E-state index contributed by atoms with van der Waals surface area (Å²) in [5.41, 5.74) is 2.78. The minimum absolute atomic E-state index is 0.245. The summed E-state index contributed by atoms with van der Waals surface area (Å²) in [7, 11) is 1.72.